The molecule has 168 valence electrons. The molecule has 0 radical (unpaired) electrons. The zero-order chi connectivity index (χ0) is 23.3. The van der Waals surface area contributed by atoms with Gasteiger partial charge < -0.3 is 10.1 Å². The summed E-state index contributed by atoms with van der Waals surface area (Å²) in [6.45, 7) is 10.1. The second-order valence-corrected chi connectivity index (χ2v) is 8.58. The molecule has 2 atom stereocenters. The number of halogens is 1. The van der Waals surface area contributed by atoms with E-state index in [1.807, 2.05) is 69.3 Å². The van der Waals surface area contributed by atoms with Crippen LogP contribution >= 0.6 is 11.6 Å². The van der Waals surface area contributed by atoms with Gasteiger partial charge in [0.15, 0.2) is 5.78 Å². The highest BCUT2D eigenvalue weighted by molar-refractivity contribution is 6.30. The lowest BCUT2D eigenvalue weighted by atomic mass is 9.93. The molecule has 0 aliphatic rings. The molecule has 1 heterocycles. The first kappa shape index (κ1) is 23.8. The quantitative estimate of drug-likeness (QED) is 0.267. The summed E-state index contributed by atoms with van der Waals surface area (Å²) in [4.78, 5) is 17.4. The summed E-state index contributed by atoms with van der Waals surface area (Å²) in [6.07, 6.45) is 1.48. The first-order chi connectivity index (χ1) is 15.3. The molecule has 0 fully saturated rings. The van der Waals surface area contributed by atoms with Gasteiger partial charge in [-0.2, -0.15) is 0 Å². The van der Waals surface area contributed by atoms with Crippen LogP contribution in [0.2, 0.25) is 5.15 Å². The monoisotopic (exact) mass is 450 g/mol. The second-order valence-electron chi connectivity index (χ2n) is 8.20. The number of ether oxygens (including phenoxy) is 1. The van der Waals surface area contributed by atoms with Crippen LogP contribution in [0.5, 0.6) is 11.5 Å². The Morgan fingerprint density at radius 3 is 2.19 bits per heavy atom. The predicted molar refractivity (Wildman–Crippen MR) is 132 cm³/mol. The van der Waals surface area contributed by atoms with Gasteiger partial charge in [0.25, 0.3) is 0 Å². The highest BCUT2D eigenvalue weighted by Gasteiger charge is 2.21. The number of nitrogens with zero attached hydrogens (tertiary/aromatic N) is 1. The van der Waals surface area contributed by atoms with Crippen LogP contribution in [0.3, 0.4) is 0 Å². The summed E-state index contributed by atoms with van der Waals surface area (Å²) in [5, 5.41) is 3.78. The predicted octanol–water partition coefficient (Wildman–Crippen LogP) is 7.80. The van der Waals surface area contributed by atoms with Crippen molar-refractivity contribution in [2.45, 2.75) is 53.5 Å². The van der Waals surface area contributed by atoms with E-state index >= 15 is 0 Å². The van der Waals surface area contributed by atoms with Crippen molar-refractivity contribution in [1.82, 2.24) is 4.98 Å². The van der Waals surface area contributed by atoms with E-state index in [2.05, 4.69) is 24.1 Å². The Morgan fingerprint density at radius 2 is 1.62 bits per heavy atom. The third-order valence-electron chi connectivity index (χ3n) is 5.76. The van der Waals surface area contributed by atoms with Crippen LogP contribution < -0.4 is 10.1 Å². The summed E-state index contributed by atoms with van der Waals surface area (Å²) in [5.41, 5.74) is 3.85. The lowest BCUT2D eigenvalue weighted by Crippen LogP contribution is -2.16. The van der Waals surface area contributed by atoms with Gasteiger partial charge in [-0.15, -0.1) is 0 Å². The summed E-state index contributed by atoms with van der Waals surface area (Å²) < 4.78 is 5.93. The number of carbonyl (C=O) groups excluding carboxylic acids is 1. The standard InChI is InChI=1S/C27H31ClN2O2/c1-6-18(4)26(31)24-16-25(28)30-27(23(24)7-2)29-19(5)20-10-14-22(15-11-20)32-21-12-8-17(3)9-13-21/h8-16,18-19H,6-7H2,1-5H3,(H,29,30)/t18?,19-/m0/s1. The van der Waals surface area contributed by atoms with E-state index in [9.17, 15) is 4.79 Å². The maximum atomic E-state index is 12.9. The lowest BCUT2D eigenvalue weighted by Gasteiger charge is -2.20. The van der Waals surface area contributed by atoms with Gasteiger partial charge in [0.05, 0.1) is 0 Å². The minimum atomic E-state index is -0.0508. The van der Waals surface area contributed by atoms with Crippen LogP contribution in [0.15, 0.2) is 54.6 Å². The topological polar surface area (TPSA) is 51.2 Å². The summed E-state index contributed by atoms with van der Waals surface area (Å²) in [6, 6.07) is 17.6. The van der Waals surface area contributed by atoms with E-state index in [-0.39, 0.29) is 17.7 Å². The summed E-state index contributed by atoms with van der Waals surface area (Å²) >= 11 is 6.29. The molecule has 0 amide bonds. The molecule has 0 aliphatic heterocycles. The van der Waals surface area contributed by atoms with Crippen molar-refractivity contribution in [1.29, 1.82) is 0 Å². The van der Waals surface area contributed by atoms with Crippen molar-refractivity contribution < 1.29 is 9.53 Å². The minimum Gasteiger partial charge on any atom is -0.457 e. The fourth-order valence-electron chi connectivity index (χ4n) is 3.54. The summed E-state index contributed by atoms with van der Waals surface area (Å²) in [5.74, 6) is 2.32. The van der Waals surface area contributed by atoms with Crippen molar-refractivity contribution in [3.8, 4) is 11.5 Å². The molecular weight excluding hydrogens is 420 g/mol. The number of Topliss-reactive ketones (excluding diaryl/α,β-unsaturated/α-hetero) is 1. The maximum Gasteiger partial charge on any atom is 0.166 e. The number of pyridine rings is 1. The number of ketones is 1. The highest BCUT2D eigenvalue weighted by Crippen LogP contribution is 2.30. The van der Waals surface area contributed by atoms with Gasteiger partial charge in [-0.25, -0.2) is 4.98 Å². The number of nitrogens with one attached hydrogen (secondary N) is 1. The molecule has 1 unspecified atom stereocenters. The molecule has 0 saturated carbocycles. The average molecular weight is 451 g/mol. The average Bonchev–Trinajstić information content (AvgIpc) is 2.79. The normalized spacial score (nSPS) is 12.8. The molecule has 0 saturated heterocycles. The van der Waals surface area contributed by atoms with Crippen LogP contribution in [0.1, 0.15) is 67.2 Å². The third kappa shape index (κ3) is 5.68. The van der Waals surface area contributed by atoms with Crippen LogP contribution in [0, 0.1) is 12.8 Å². The highest BCUT2D eigenvalue weighted by atomic mass is 35.5. The first-order valence-corrected chi connectivity index (χ1v) is 11.5. The minimum absolute atomic E-state index is 0.0220. The number of hydrogen-bond acceptors (Lipinski definition) is 4. The fourth-order valence-corrected chi connectivity index (χ4v) is 3.74. The fraction of sp³-hybridized carbons (Fsp3) is 0.333. The largest absolute Gasteiger partial charge is 0.457 e. The molecule has 4 nitrogen and oxygen atoms in total. The maximum absolute atomic E-state index is 12.9. The van der Waals surface area contributed by atoms with Gasteiger partial charge in [-0.05, 0) is 62.6 Å². The molecular formula is C27H31ClN2O2. The van der Waals surface area contributed by atoms with Gasteiger partial charge in [0, 0.05) is 23.1 Å². The molecule has 0 bridgehead atoms. The Kier molecular flexibility index (Phi) is 7.92. The number of aromatic nitrogens is 1. The molecule has 1 N–H and O–H groups in total. The number of aryl methyl sites for hydroxylation is 1. The van der Waals surface area contributed by atoms with E-state index in [0.717, 1.165) is 29.0 Å². The van der Waals surface area contributed by atoms with Crippen LogP contribution in [-0.2, 0) is 6.42 Å². The smallest absolute Gasteiger partial charge is 0.166 e. The lowest BCUT2D eigenvalue weighted by molar-refractivity contribution is 0.0926. The molecule has 0 aliphatic carbocycles. The van der Waals surface area contributed by atoms with Gasteiger partial charge in [0.1, 0.15) is 22.5 Å². The number of benzene rings is 2. The Hall–Kier alpha value is -2.85. The molecule has 1 aromatic heterocycles. The molecule has 5 heteroatoms. The Morgan fingerprint density at radius 1 is 1.03 bits per heavy atom. The molecule has 3 rings (SSSR count). The second kappa shape index (κ2) is 10.6. The van der Waals surface area contributed by atoms with Gasteiger partial charge >= 0.3 is 0 Å². The van der Waals surface area contributed by atoms with E-state index in [0.29, 0.717) is 23.0 Å². The van der Waals surface area contributed by atoms with Crippen molar-refractivity contribution in [2.24, 2.45) is 5.92 Å². The van der Waals surface area contributed by atoms with Crippen molar-refractivity contribution >= 4 is 23.2 Å². The van der Waals surface area contributed by atoms with Gasteiger partial charge in [-0.3, -0.25) is 4.79 Å². The van der Waals surface area contributed by atoms with Gasteiger partial charge in [0.2, 0.25) is 0 Å². The zero-order valence-corrected chi connectivity index (χ0v) is 20.2. The number of hydrogen-bond donors (Lipinski definition) is 1. The third-order valence-corrected chi connectivity index (χ3v) is 5.96. The van der Waals surface area contributed by atoms with Crippen LogP contribution in [-0.4, -0.2) is 10.8 Å². The summed E-state index contributed by atoms with van der Waals surface area (Å²) in [7, 11) is 0. The molecule has 0 spiro atoms. The Bertz CT molecular complexity index is 1060. The molecule has 3 aromatic rings. The Labute approximate surface area is 196 Å². The van der Waals surface area contributed by atoms with Crippen molar-refractivity contribution in [2.75, 3.05) is 5.32 Å². The van der Waals surface area contributed by atoms with Crippen LogP contribution in [0.4, 0.5) is 5.82 Å². The van der Waals surface area contributed by atoms with E-state index in [1.54, 1.807) is 6.07 Å². The van der Waals surface area contributed by atoms with E-state index in [4.69, 9.17) is 16.3 Å². The van der Waals surface area contributed by atoms with E-state index < -0.39 is 0 Å². The SMILES string of the molecule is CCc1c(C(=O)C(C)CC)cc(Cl)nc1N[C@@H](C)c1ccc(Oc2ccc(C)cc2)cc1. The molecule has 2 aromatic carbocycles. The number of rotatable bonds is 9. The first-order valence-electron chi connectivity index (χ1n) is 11.2. The number of carbonyl (C=O) groups is 1. The van der Waals surface area contributed by atoms with Crippen molar-refractivity contribution in [3.63, 3.8) is 0 Å². The number of anilines is 1. The van der Waals surface area contributed by atoms with Crippen LogP contribution in [0.25, 0.3) is 0 Å². The van der Waals surface area contributed by atoms with Crippen molar-refractivity contribution in [3.05, 3.63) is 82.0 Å². The van der Waals surface area contributed by atoms with Gasteiger partial charge in [-0.1, -0.05) is 62.2 Å². The van der Waals surface area contributed by atoms with E-state index in [1.165, 1.54) is 5.56 Å². The molecule has 32 heavy (non-hydrogen) atoms. The Balaban J connectivity index is 1.79. The zero-order valence-electron chi connectivity index (χ0n) is 19.4.